The van der Waals surface area contributed by atoms with Gasteiger partial charge in [0.15, 0.2) is 6.39 Å². The second kappa shape index (κ2) is 4.23. The molecule has 0 saturated heterocycles. The summed E-state index contributed by atoms with van der Waals surface area (Å²) < 4.78 is 5.28. The zero-order valence-electron chi connectivity index (χ0n) is 9.27. The molecule has 1 N–H and O–H groups in total. The van der Waals surface area contributed by atoms with Gasteiger partial charge in [0.25, 0.3) is 0 Å². The van der Waals surface area contributed by atoms with E-state index in [1.54, 1.807) is 12.4 Å². The number of aromatic nitrogens is 2. The number of hydrogen-bond donors (Lipinski definition) is 1. The highest BCUT2D eigenvalue weighted by molar-refractivity contribution is 5.38. The van der Waals surface area contributed by atoms with E-state index in [2.05, 4.69) is 29.9 Å². The van der Waals surface area contributed by atoms with E-state index >= 15 is 0 Å². The molecule has 2 unspecified atom stereocenters. The van der Waals surface area contributed by atoms with Gasteiger partial charge in [-0.05, 0) is 11.5 Å². The highest BCUT2D eigenvalue weighted by Gasteiger charge is 2.21. The van der Waals surface area contributed by atoms with Crippen molar-refractivity contribution in [2.75, 3.05) is 0 Å². The lowest BCUT2D eigenvalue weighted by molar-refractivity contribution is 0.443. The van der Waals surface area contributed by atoms with Crippen LogP contribution in [0.1, 0.15) is 42.6 Å². The quantitative estimate of drug-likeness (QED) is 0.856. The van der Waals surface area contributed by atoms with Crippen LogP contribution in [0.2, 0.25) is 0 Å². The minimum atomic E-state index is 0.199. The number of nitriles is 1. The van der Waals surface area contributed by atoms with Crippen LogP contribution in [0.15, 0.2) is 29.4 Å². The first-order valence-corrected chi connectivity index (χ1v) is 5.19. The van der Waals surface area contributed by atoms with Crippen molar-refractivity contribution < 1.29 is 4.42 Å². The van der Waals surface area contributed by atoms with E-state index in [9.17, 15) is 0 Å². The lowest BCUT2D eigenvalue weighted by Gasteiger charge is -2.16. The number of rotatable bonds is 3. The van der Waals surface area contributed by atoms with E-state index in [-0.39, 0.29) is 11.8 Å². The molecule has 0 aliphatic heterocycles. The first-order valence-electron chi connectivity index (χ1n) is 5.19. The molecule has 2 atom stereocenters. The van der Waals surface area contributed by atoms with Crippen LogP contribution in [0.3, 0.4) is 0 Å². The van der Waals surface area contributed by atoms with Crippen LogP contribution >= 0.6 is 0 Å². The fourth-order valence-corrected chi connectivity index (χ4v) is 1.82. The third kappa shape index (κ3) is 1.72. The first-order chi connectivity index (χ1) is 7.74. The average Bonchev–Trinajstić information content (AvgIpc) is 2.97. The van der Waals surface area contributed by atoms with Gasteiger partial charge in [0.1, 0.15) is 11.8 Å². The molecule has 0 amide bonds. The fraction of sp³-hybridized carbons (Fsp3) is 0.333. The highest BCUT2D eigenvalue weighted by Crippen LogP contribution is 2.33. The van der Waals surface area contributed by atoms with E-state index in [4.69, 9.17) is 9.68 Å². The second-order valence-corrected chi connectivity index (χ2v) is 3.92. The Morgan fingerprint density at radius 3 is 2.81 bits per heavy atom. The summed E-state index contributed by atoms with van der Waals surface area (Å²) in [7, 11) is 0. The number of oxazole rings is 1. The van der Waals surface area contributed by atoms with Crippen LogP contribution in [0.25, 0.3) is 0 Å². The van der Waals surface area contributed by atoms with E-state index in [1.807, 2.05) is 6.20 Å². The molecule has 0 spiro atoms. The number of nitrogens with zero attached hydrogens (tertiary/aromatic N) is 2. The van der Waals surface area contributed by atoms with E-state index in [1.165, 1.54) is 6.39 Å². The summed E-state index contributed by atoms with van der Waals surface area (Å²) in [5.74, 6) is 1.26. The van der Waals surface area contributed by atoms with Gasteiger partial charge in [0.05, 0.1) is 11.8 Å². The summed E-state index contributed by atoms with van der Waals surface area (Å²) in [6.45, 7) is 4.15. The SMILES string of the molecule is CC(c1cnco1)C(C)c1c[nH]cc1C#N. The van der Waals surface area contributed by atoms with Gasteiger partial charge in [-0.3, -0.25) is 0 Å². The van der Waals surface area contributed by atoms with Crippen LogP contribution in [-0.4, -0.2) is 9.97 Å². The van der Waals surface area contributed by atoms with E-state index < -0.39 is 0 Å². The molecule has 0 radical (unpaired) electrons. The van der Waals surface area contributed by atoms with Crippen molar-refractivity contribution >= 4 is 0 Å². The molecule has 2 rings (SSSR count). The largest absolute Gasteiger partial charge is 0.448 e. The topological polar surface area (TPSA) is 65.6 Å². The van der Waals surface area contributed by atoms with Crippen molar-refractivity contribution in [1.82, 2.24) is 9.97 Å². The smallest absolute Gasteiger partial charge is 0.180 e. The van der Waals surface area contributed by atoms with Crippen molar-refractivity contribution in [3.8, 4) is 6.07 Å². The molecule has 0 bridgehead atoms. The lowest BCUT2D eigenvalue weighted by atomic mass is 9.87. The van der Waals surface area contributed by atoms with Crippen LogP contribution in [0, 0.1) is 11.3 Å². The number of aromatic amines is 1. The first kappa shape index (κ1) is 10.5. The molecule has 0 fully saturated rings. The standard InChI is InChI=1S/C12H13N3O/c1-8(9(2)12-6-15-7-16-12)11-5-14-4-10(11)3-13/h4-9,14H,1-2H3. The normalized spacial score (nSPS) is 14.3. The van der Waals surface area contributed by atoms with Gasteiger partial charge in [-0.15, -0.1) is 0 Å². The maximum Gasteiger partial charge on any atom is 0.180 e. The molecule has 2 aromatic heterocycles. The summed E-state index contributed by atoms with van der Waals surface area (Å²) in [5.41, 5.74) is 1.71. The molecule has 4 nitrogen and oxygen atoms in total. The summed E-state index contributed by atoms with van der Waals surface area (Å²) in [5, 5.41) is 8.96. The van der Waals surface area contributed by atoms with E-state index in [0.717, 1.165) is 11.3 Å². The van der Waals surface area contributed by atoms with Crippen LogP contribution < -0.4 is 0 Å². The zero-order chi connectivity index (χ0) is 11.5. The maximum absolute atomic E-state index is 8.96. The monoisotopic (exact) mass is 215 g/mol. The molecule has 0 aliphatic carbocycles. The third-order valence-corrected chi connectivity index (χ3v) is 3.04. The molecule has 0 aliphatic rings. The molecule has 82 valence electrons. The Bertz CT molecular complexity index is 493. The third-order valence-electron chi connectivity index (χ3n) is 3.04. The molecular weight excluding hydrogens is 202 g/mol. The Morgan fingerprint density at radius 1 is 1.38 bits per heavy atom. The minimum absolute atomic E-state index is 0.199. The lowest BCUT2D eigenvalue weighted by Crippen LogP contribution is -2.04. The van der Waals surface area contributed by atoms with Crippen molar-refractivity contribution in [3.05, 3.63) is 41.9 Å². The number of H-pyrrole nitrogens is 1. The highest BCUT2D eigenvalue weighted by atomic mass is 16.3. The van der Waals surface area contributed by atoms with Crippen molar-refractivity contribution in [2.24, 2.45) is 0 Å². The van der Waals surface area contributed by atoms with Gasteiger partial charge >= 0.3 is 0 Å². The van der Waals surface area contributed by atoms with Gasteiger partial charge < -0.3 is 9.40 Å². The van der Waals surface area contributed by atoms with Gasteiger partial charge in [-0.25, -0.2) is 4.98 Å². The van der Waals surface area contributed by atoms with Crippen molar-refractivity contribution in [2.45, 2.75) is 25.7 Å². The number of hydrogen-bond acceptors (Lipinski definition) is 3. The molecule has 4 heteroatoms. The second-order valence-electron chi connectivity index (χ2n) is 3.92. The Balaban J connectivity index is 2.26. The van der Waals surface area contributed by atoms with Gasteiger partial charge in [-0.2, -0.15) is 5.26 Å². The molecular formula is C12H13N3O. The van der Waals surface area contributed by atoms with Crippen molar-refractivity contribution in [1.29, 1.82) is 5.26 Å². The Labute approximate surface area is 93.9 Å². The predicted octanol–water partition coefficient (Wildman–Crippen LogP) is 2.78. The predicted molar refractivity (Wildman–Crippen MR) is 58.8 cm³/mol. The maximum atomic E-state index is 8.96. The summed E-state index contributed by atoms with van der Waals surface area (Å²) in [6.07, 6.45) is 6.75. The van der Waals surface area contributed by atoms with Gasteiger partial charge in [-0.1, -0.05) is 13.8 Å². The van der Waals surface area contributed by atoms with Crippen LogP contribution in [0.4, 0.5) is 0 Å². The summed E-state index contributed by atoms with van der Waals surface area (Å²) >= 11 is 0. The summed E-state index contributed by atoms with van der Waals surface area (Å²) in [4.78, 5) is 6.87. The molecule has 2 aromatic rings. The fourth-order valence-electron chi connectivity index (χ4n) is 1.82. The molecule has 2 heterocycles. The van der Waals surface area contributed by atoms with Crippen LogP contribution in [0.5, 0.6) is 0 Å². The van der Waals surface area contributed by atoms with Gasteiger partial charge in [0.2, 0.25) is 0 Å². The molecule has 0 saturated carbocycles. The Kier molecular flexibility index (Phi) is 2.78. The zero-order valence-corrected chi connectivity index (χ0v) is 9.27. The van der Waals surface area contributed by atoms with Crippen molar-refractivity contribution in [3.63, 3.8) is 0 Å². The molecule has 0 aromatic carbocycles. The average molecular weight is 215 g/mol. The van der Waals surface area contributed by atoms with Crippen LogP contribution in [-0.2, 0) is 0 Å². The number of nitrogens with one attached hydrogen (secondary N) is 1. The molecule has 16 heavy (non-hydrogen) atoms. The van der Waals surface area contributed by atoms with Gasteiger partial charge in [0, 0.05) is 18.3 Å². The van der Waals surface area contributed by atoms with E-state index in [0.29, 0.717) is 5.56 Å². The minimum Gasteiger partial charge on any atom is -0.448 e. The summed E-state index contributed by atoms with van der Waals surface area (Å²) in [6, 6.07) is 2.18. The Hall–Kier alpha value is -2.02. The Morgan fingerprint density at radius 2 is 2.19 bits per heavy atom.